The molecule has 1 aromatic carbocycles. The third kappa shape index (κ3) is 2.07. The number of imidazole rings is 1. The molecule has 0 aliphatic rings. The topological polar surface area (TPSA) is 48.6 Å². The van der Waals surface area contributed by atoms with Crippen LogP contribution in [0.2, 0.25) is 0 Å². The Bertz CT molecular complexity index is 607. The standard InChI is InChI=1S/C11H11F3N2O/c1-5(2)7-3-6(11(12,13)14)4-8-9(7)16-10(17)15-8/h3-5H,1-2H3,(H2,15,16,17). The first-order valence-electron chi connectivity index (χ1n) is 5.12. The summed E-state index contributed by atoms with van der Waals surface area (Å²) in [5, 5.41) is 0. The van der Waals surface area contributed by atoms with Gasteiger partial charge in [-0.15, -0.1) is 0 Å². The summed E-state index contributed by atoms with van der Waals surface area (Å²) in [5.74, 6) is -0.105. The average Bonchev–Trinajstić information content (AvgIpc) is 2.54. The van der Waals surface area contributed by atoms with Crippen molar-refractivity contribution in [3.05, 3.63) is 33.7 Å². The lowest BCUT2D eigenvalue weighted by Crippen LogP contribution is -2.06. The van der Waals surface area contributed by atoms with Crippen LogP contribution >= 0.6 is 0 Å². The third-order valence-corrected chi connectivity index (χ3v) is 2.60. The second-order valence-electron chi connectivity index (χ2n) is 4.22. The highest BCUT2D eigenvalue weighted by Crippen LogP contribution is 2.34. The van der Waals surface area contributed by atoms with Gasteiger partial charge in [0.05, 0.1) is 16.6 Å². The van der Waals surface area contributed by atoms with Crippen LogP contribution in [-0.4, -0.2) is 9.97 Å². The Balaban J connectivity index is 2.80. The largest absolute Gasteiger partial charge is 0.416 e. The molecule has 1 heterocycles. The van der Waals surface area contributed by atoms with Gasteiger partial charge in [-0.2, -0.15) is 13.2 Å². The van der Waals surface area contributed by atoms with Crippen molar-refractivity contribution in [3.8, 4) is 0 Å². The molecule has 1 aromatic heterocycles. The molecule has 0 atom stereocenters. The predicted molar refractivity (Wildman–Crippen MR) is 58.0 cm³/mol. The first-order chi connectivity index (χ1) is 7.79. The van der Waals surface area contributed by atoms with Crippen molar-refractivity contribution < 1.29 is 13.2 Å². The van der Waals surface area contributed by atoms with Crippen LogP contribution in [0, 0.1) is 0 Å². The molecule has 0 saturated heterocycles. The minimum atomic E-state index is -4.41. The summed E-state index contributed by atoms with van der Waals surface area (Å²) in [7, 11) is 0. The molecule has 0 fully saturated rings. The molecule has 0 unspecified atom stereocenters. The Kier molecular flexibility index (Phi) is 2.52. The van der Waals surface area contributed by atoms with E-state index in [9.17, 15) is 18.0 Å². The molecule has 0 radical (unpaired) electrons. The Hall–Kier alpha value is -1.72. The zero-order chi connectivity index (χ0) is 12.8. The summed E-state index contributed by atoms with van der Waals surface area (Å²) >= 11 is 0. The number of aromatic nitrogens is 2. The second-order valence-corrected chi connectivity index (χ2v) is 4.22. The number of nitrogens with one attached hydrogen (secondary N) is 2. The molecule has 2 N–H and O–H groups in total. The predicted octanol–water partition coefficient (Wildman–Crippen LogP) is 3.00. The van der Waals surface area contributed by atoms with Crippen LogP contribution in [0.15, 0.2) is 16.9 Å². The quantitative estimate of drug-likeness (QED) is 0.795. The number of hydrogen-bond acceptors (Lipinski definition) is 1. The van der Waals surface area contributed by atoms with E-state index in [4.69, 9.17) is 0 Å². The van der Waals surface area contributed by atoms with Gasteiger partial charge in [0, 0.05) is 0 Å². The summed E-state index contributed by atoms with van der Waals surface area (Å²) in [5.41, 5.74) is -0.134. The van der Waals surface area contributed by atoms with E-state index in [1.807, 2.05) is 0 Å². The van der Waals surface area contributed by atoms with E-state index in [0.29, 0.717) is 11.1 Å². The van der Waals surface area contributed by atoms with Crippen molar-refractivity contribution in [1.29, 1.82) is 0 Å². The second kappa shape index (κ2) is 3.65. The summed E-state index contributed by atoms with van der Waals surface area (Å²) in [6.45, 7) is 3.56. The minimum absolute atomic E-state index is 0.105. The van der Waals surface area contributed by atoms with E-state index in [-0.39, 0.29) is 11.4 Å². The summed E-state index contributed by atoms with van der Waals surface area (Å²) in [4.78, 5) is 16.0. The summed E-state index contributed by atoms with van der Waals surface area (Å²) in [6.07, 6.45) is -4.41. The van der Waals surface area contributed by atoms with E-state index in [2.05, 4.69) is 9.97 Å². The number of alkyl halides is 3. The first-order valence-corrected chi connectivity index (χ1v) is 5.12. The molecule has 0 aliphatic carbocycles. The molecule has 0 amide bonds. The number of benzene rings is 1. The average molecular weight is 244 g/mol. The van der Waals surface area contributed by atoms with E-state index in [0.717, 1.165) is 12.1 Å². The van der Waals surface area contributed by atoms with Gasteiger partial charge in [0.1, 0.15) is 0 Å². The van der Waals surface area contributed by atoms with Crippen LogP contribution in [0.1, 0.15) is 30.9 Å². The van der Waals surface area contributed by atoms with Crippen LogP contribution in [0.3, 0.4) is 0 Å². The molecule has 92 valence electrons. The molecule has 0 saturated carbocycles. The fraction of sp³-hybridized carbons (Fsp3) is 0.364. The maximum Gasteiger partial charge on any atom is 0.416 e. The molecular formula is C11H11F3N2O. The van der Waals surface area contributed by atoms with Crippen molar-refractivity contribution in [1.82, 2.24) is 9.97 Å². The third-order valence-electron chi connectivity index (χ3n) is 2.60. The van der Waals surface area contributed by atoms with Gasteiger partial charge in [0.25, 0.3) is 0 Å². The Morgan fingerprint density at radius 1 is 1.18 bits per heavy atom. The SMILES string of the molecule is CC(C)c1cc(C(F)(F)F)cc2[nH]c(=O)[nH]c12. The van der Waals surface area contributed by atoms with E-state index < -0.39 is 17.4 Å². The van der Waals surface area contributed by atoms with Crippen LogP contribution in [-0.2, 0) is 6.18 Å². The highest BCUT2D eigenvalue weighted by atomic mass is 19.4. The van der Waals surface area contributed by atoms with Gasteiger partial charge in [-0.05, 0) is 23.6 Å². The number of halogens is 3. The molecule has 0 spiro atoms. The zero-order valence-electron chi connectivity index (χ0n) is 9.27. The van der Waals surface area contributed by atoms with Crippen molar-refractivity contribution in [2.45, 2.75) is 25.9 Å². The number of fused-ring (bicyclic) bond motifs is 1. The normalized spacial score (nSPS) is 12.6. The molecule has 6 heteroatoms. The van der Waals surface area contributed by atoms with E-state index in [1.165, 1.54) is 0 Å². The van der Waals surface area contributed by atoms with Crippen LogP contribution in [0.25, 0.3) is 11.0 Å². The maximum absolute atomic E-state index is 12.7. The zero-order valence-corrected chi connectivity index (χ0v) is 9.27. The van der Waals surface area contributed by atoms with Gasteiger partial charge in [-0.3, -0.25) is 0 Å². The van der Waals surface area contributed by atoms with Gasteiger partial charge in [-0.25, -0.2) is 4.79 Å². The first kappa shape index (κ1) is 11.8. The van der Waals surface area contributed by atoms with Crippen molar-refractivity contribution in [2.24, 2.45) is 0 Å². The fourth-order valence-corrected chi connectivity index (χ4v) is 1.79. The van der Waals surface area contributed by atoms with Gasteiger partial charge in [-0.1, -0.05) is 13.8 Å². The molecule has 17 heavy (non-hydrogen) atoms. The molecule has 2 rings (SSSR count). The summed E-state index contributed by atoms with van der Waals surface area (Å²) < 4.78 is 38.0. The minimum Gasteiger partial charge on any atom is -0.306 e. The van der Waals surface area contributed by atoms with Crippen LogP contribution < -0.4 is 5.69 Å². The van der Waals surface area contributed by atoms with Crippen LogP contribution in [0.4, 0.5) is 13.2 Å². The number of rotatable bonds is 1. The van der Waals surface area contributed by atoms with Gasteiger partial charge >= 0.3 is 11.9 Å². The molecule has 3 nitrogen and oxygen atoms in total. The molecule has 2 aromatic rings. The van der Waals surface area contributed by atoms with E-state index in [1.54, 1.807) is 13.8 Å². The van der Waals surface area contributed by atoms with E-state index >= 15 is 0 Å². The lowest BCUT2D eigenvalue weighted by atomic mass is 9.99. The molecule has 0 aliphatic heterocycles. The number of hydrogen-bond donors (Lipinski definition) is 2. The van der Waals surface area contributed by atoms with Crippen LogP contribution in [0.5, 0.6) is 0 Å². The highest BCUT2D eigenvalue weighted by molar-refractivity contribution is 5.79. The van der Waals surface area contributed by atoms with Crippen molar-refractivity contribution in [2.75, 3.05) is 0 Å². The summed E-state index contributed by atoms with van der Waals surface area (Å²) in [6, 6.07) is 2.02. The van der Waals surface area contributed by atoms with Gasteiger partial charge in [0.2, 0.25) is 0 Å². The molecular weight excluding hydrogens is 233 g/mol. The maximum atomic E-state index is 12.7. The Morgan fingerprint density at radius 3 is 2.35 bits per heavy atom. The number of H-pyrrole nitrogens is 2. The fourth-order valence-electron chi connectivity index (χ4n) is 1.79. The number of aromatic amines is 2. The molecule has 0 bridgehead atoms. The van der Waals surface area contributed by atoms with Gasteiger partial charge < -0.3 is 9.97 Å². The lowest BCUT2D eigenvalue weighted by molar-refractivity contribution is -0.137. The van der Waals surface area contributed by atoms with Gasteiger partial charge in [0.15, 0.2) is 0 Å². The van der Waals surface area contributed by atoms with Crippen molar-refractivity contribution in [3.63, 3.8) is 0 Å². The van der Waals surface area contributed by atoms with Crippen molar-refractivity contribution >= 4 is 11.0 Å². The highest BCUT2D eigenvalue weighted by Gasteiger charge is 2.32. The smallest absolute Gasteiger partial charge is 0.306 e. The monoisotopic (exact) mass is 244 g/mol. The Morgan fingerprint density at radius 2 is 1.82 bits per heavy atom. The lowest BCUT2D eigenvalue weighted by Gasteiger charge is -2.12. The Labute approximate surface area is 94.7 Å².